The van der Waals surface area contributed by atoms with E-state index in [1.807, 2.05) is 13.1 Å². The highest BCUT2D eigenvalue weighted by Crippen LogP contribution is 2.28. The number of nitrogens with one attached hydrogen (secondary N) is 1. The lowest BCUT2D eigenvalue weighted by molar-refractivity contribution is -0.136. The van der Waals surface area contributed by atoms with E-state index in [1.165, 1.54) is 12.8 Å². The Balaban J connectivity index is 1.33. The van der Waals surface area contributed by atoms with Crippen molar-refractivity contribution in [3.8, 4) is 0 Å². The summed E-state index contributed by atoms with van der Waals surface area (Å²) in [7, 11) is 1.84. The van der Waals surface area contributed by atoms with Gasteiger partial charge in [-0.25, -0.2) is 0 Å². The van der Waals surface area contributed by atoms with Gasteiger partial charge in [-0.1, -0.05) is 0 Å². The van der Waals surface area contributed by atoms with Crippen LogP contribution in [0.15, 0.2) is 6.07 Å². The van der Waals surface area contributed by atoms with E-state index in [0.29, 0.717) is 17.9 Å². The standard InChI is InChI=1S/C20H33N7O/c1-22-17-13-18(24-20(21)23-17)25-11-6-16(7-12-25)27-10-4-5-15(14-27)19(28)26-8-2-3-9-26/h13,15-16H,2-12,14H2,1H3,(H3,21,22,23,24)/t15-/m0/s1. The minimum absolute atomic E-state index is 0.199. The highest BCUT2D eigenvalue weighted by atomic mass is 16.2. The molecule has 0 unspecified atom stereocenters. The average molecular weight is 388 g/mol. The normalized spacial score (nSPS) is 24.5. The minimum atomic E-state index is 0.199. The first-order valence-electron chi connectivity index (χ1n) is 10.7. The lowest BCUT2D eigenvalue weighted by atomic mass is 9.93. The van der Waals surface area contributed by atoms with Gasteiger partial charge in [0.15, 0.2) is 0 Å². The molecular weight excluding hydrogens is 354 g/mol. The van der Waals surface area contributed by atoms with Crippen LogP contribution in [0.1, 0.15) is 38.5 Å². The molecule has 3 aliphatic heterocycles. The third kappa shape index (κ3) is 4.16. The number of anilines is 3. The van der Waals surface area contributed by atoms with Crippen LogP contribution in [0.25, 0.3) is 0 Å². The predicted molar refractivity (Wildman–Crippen MR) is 111 cm³/mol. The number of nitrogens with zero attached hydrogens (tertiary/aromatic N) is 5. The van der Waals surface area contributed by atoms with E-state index in [9.17, 15) is 4.79 Å². The summed E-state index contributed by atoms with van der Waals surface area (Å²) in [6.07, 6.45) is 6.73. The van der Waals surface area contributed by atoms with Crippen LogP contribution in [0.4, 0.5) is 17.6 Å². The highest BCUT2D eigenvalue weighted by Gasteiger charge is 2.34. The number of nitrogens with two attached hydrogens (primary N) is 1. The number of hydrogen-bond acceptors (Lipinski definition) is 7. The molecule has 8 heteroatoms. The number of amides is 1. The number of rotatable bonds is 4. The van der Waals surface area contributed by atoms with Crippen LogP contribution in [-0.2, 0) is 4.79 Å². The van der Waals surface area contributed by atoms with Crippen molar-refractivity contribution in [3.05, 3.63) is 6.07 Å². The zero-order valence-electron chi connectivity index (χ0n) is 16.9. The molecule has 8 nitrogen and oxygen atoms in total. The maximum absolute atomic E-state index is 12.8. The van der Waals surface area contributed by atoms with Crippen LogP contribution < -0.4 is 16.0 Å². The van der Waals surface area contributed by atoms with Gasteiger partial charge >= 0.3 is 0 Å². The van der Waals surface area contributed by atoms with Gasteiger partial charge in [-0.3, -0.25) is 9.69 Å². The van der Waals surface area contributed by atoms with E-state index in [-0.39, 0.29) is 5.92 Å². The molecule has 3 fully saturated rings. The molecule has 1 amide bonds. The number of carbonyl (C=O) groups excluding carboxylic acids is 1. The van der Waals surface area contributed by atoms with Crippen molar-refractivity contribution >= 4 is 23.5 Å². The van der Waals surface area contributed by atoms with Crippen molar-refractivity contribution in [2.75, 3.05) is 62.3 Å². The Bertz CT molecular complexity index is 683. The number of nitrogen functional groups attached to an aromatic ring is 1. The molecule has 28 heavy (non-hydrogen) atoms. The van der Waals surface area contributed by atoms with Gasteiger partial charge in [0.05, 0.1) is 5.92 Å². The summed E-state index contributed by atoms with van der Waals surface area (Å²) in [4.78, 5) is 28.4. The molecule has 0 saturated carbocycles. The second-order valence-corrected chi connectivity index (χ2v) is 8.30. The van der Waals surface area contributed by atoms with E-state index < -0.39 is 0 Å². The minimum Gasteiger partial charge on any atom is -0.373 e. The molecule has 0 aromatic carbocycles. The molecule has 3 N–H and O–H groups in total. The summed E-state index contributed by atoms with van der Waals surface area (Å²) in [5, 5.41) is 3.04. The van der Waals surface area contributed by atoms with Crippen LogP contribution in [-0.4, -0.2) is 78.0 Å². The van der Waals surface area contributed by atoms with Crippen molar-refractivity contribution < 1.29 is 4.79 Å². The molecule has 0 aliphatic carbocycles. The Morgan fingerprint density at radius 3 is 2.54 bits per heavy atom. The number of likely N-dealkylation sites (tertiary alicyclic amines) is 2. The molecule has 0 bridgehead atoms. The van der Waals surface area contributed by atoms with Crippen molar-refractivity contribution in [1.82, 2.24) is 19.8 Å². The van der Waals surface area contributed by atoms with Gasteiger partial charge in [-0.2, -0.15) is 9.97 Å². The predicted octanol–water partition coefficient (Wildman–Crippen LogP) is 1.40. The first-order valence-corrected chi connectivity index (χ1v) is 10.7. The first kappa shape index (κ1) is 19.2. The number of piperidine rings is 2. The summed E-state index contributed by atoms with van der Waals surface area (Å²) in [6, 6.07) is 2.52. The molecule has 3 aliphatic rings. The second-order valence-electron chi connectivity index (χ2n) is 8.30. The molecular formula is C20H33N7O. The van der Waals surface area contributed by atoms with Gasteiger partial charge < -0.3 is 20.9 Å². The van der Waals surface area contributed by atoms with Crippen LogP contribution in [0.5, 0.6) is 0 Å². The van der Waals surface area contributed by atoms with Gasteiger partial charge in [0.1, 0.15) is 11.6 Å². The van der Waals surface area contributed by atoms with Crippen molar-refractivity contribution in [2.24, 2.45) is 5.92 Å². The molecule has 154 valence electrons. The van der Waals surface area contributed by atoms with E-state index in [4.69, 9.17) is 5.73 Å². The lowest BCUT2D eigenvalue weighted by Crippen LogP contribution is -2.51. The maximum atomic E-state index is 12.8. The van der Waals surface area contributed by atoms with Crippen LogP contribution in [0.2, 0.25) is 0 Å². The highest BCUT2D eigenvalue weighted by molar-refractivity contribution is 5.79. The SMILES string of the molecule is CNc1cc(N2CCC(N3CCC[C@H](C(=O)N4CCCC4)C3)CC2)nc(N)n1. The van der Waals surface area contributed by atoms with Gasteiger partial charge in [-0.15, -0.1) is 0 Å². The summed E-state index contributed by atoms with van der Waals surface area (Å²) >= 11 is 0. The quantitative estimate of drug-likeness (QED) is 0.807. The topological polar surface area (TPSA) is 90.6 Å². The fourth-order valence-electron chi connectivity index (χ4n) is 4.94. The number of hydrogen-bond donors (Lipinski definition) is 2. The van der Waals surface area contributed by atoms with Gasteiger partial charge in [0, 0.05) is 51.9 Å². The third-order valence-corrected chi connectivity index (χ3v) is 6.51. The molecule has 1 atom stereocenters. The van der Waals surface area contributed by atoms with Crippen molar-refractivity contribution in [2.45, 2.75) is 44.6 Å². The average Bonchev–Trinajstić information content (AvgIpc) is 3.28. The number of aromatic nitrogens is 2. The van der Waals surface area contributed by atoms with E-state index in [1.54, 1.807) is 0 Å². The molecule has 0 spiro atoms. The number of carbonyl (C=O) groups is 1. The molecule has 3 saturated heterocycles. The maximum Gasteiger partial charge on any atom is 0.226 e. The lowest BCUT2D eigenvalue weighted by Gasteiger charge is -2.42. The molecule has 4 rings (SSSR count). The zero-order valence-corrected chi connectivity index (χ0v) is 16.9. The summed E-state index contributed by atoms with van der Waals surface area (Å²) in [5.74, 6) is 2.56. The van der Waals surface area contributed by atoms with Gasteiger partial charge in [0.2, 0.25) is 11.9 Å². The summed E-state index contributed by atoms with van der Waals surface area (Å²) in [6.45, 7) is 5.91. The van der Waals surface area contributed by atoms with Crippen molar-refractivity contribution in [3.63, 3.8) is 0 Å². The molecule has 1 aromatic heterocycles. The Morgan fingerprint density at radius 1 is 1.07 bits per heavy atom. The third-order valence-electron chi connectivity index (χ3n) is 6.51. The van der Waals surface area contributed by atoms with E-state index >= 15 is 0 Å². The summed E-state index contributed by atoms with van der Waals surface area (Å²) in [5.41, 5.74) is 5.85. The van der Waals surface area contributed by atoms with Crippen LogP contribution >= 0.6 is 0 Å². The first-order chi connectivity index (χ1) is 13.6. The van der Waals surface area contributed by atoms with Gasteiger partial charge in [-0.05, 0) is 45.1 Å². The molecule has 0 radical (unpaired) electrons. The fraction of sp³-hybridized carbons (Fsp3) is 0.750. The van der Waals surface area contributed by atoms with E-state index in [2.05, 4.69) is 30.0 Å². The Kier molecular flexibility index (Phi) is 5.85. The smallest absolute Gasteiger partial charge is 0.226 e. The Morgan fingerprint density at radius 2 is 1.82 bits per heavy atom. The Labute approximate surface area is 167 Å². The molecule has 4 heterocycles. The van der Waals surface area contributed by atoms with Crippen LogP contribution in [0, 0.1) is 5.92 Å². The monoisotopic (exact) mass is 387 g/mol. The largest absolute Gasteiger partial charge is 0.373 e. The summed E-state index contributed by atoms with van der Waals surface area (Å²) < 4.78 is 0. The van der Waals surface area contributed by atoms with Crippen LogP contribution in [0.3, 0.4) is 0 Å². The fourth-order valence-corrected chi connectivity index (χ4v) is 4.94. The second kappa shape index (κ2) is 8.51. The van der Waals surface area contributed by atoms with E-state index in [0.717, 1.165) is 76.6 Å². The Hall–Kier alpha value is -2.09. The van der Waals surface area contributed by atoms with Gasteiger partial charge in [0.25, 0.3) is 0 Å². The molecule has 1 aromatic rings. The van der Waals surface area contributed by atoms with Crippen molar-refractivity contribution in [1.29, 1.82) is 0 Å². The zero-order chi connectivity index (χ0) is 19.5.